The lowest BCUT2D eigenvalue weighted by molar-refractivity contribution is 0.183. The number of hydrogen-bond acceptors (Lipinski definition) is 7. The van der Waals surface area contributed by atoms with E-state index in [1.165, 1.54) is 30.6 Å². The van der Waals surface area contributed by atoms with Gasteiger partial charge in [0, 0.05) is 16.6 Å². The molecule has 0 saturated carbocycles. The Bertz CT molecular complexity index is 1450. The van der Waals surface area contributed by atoms with Gasteiger partial charge in [0.05, 0.1) is 15.5 Å². The summed E-state index contributed by atoms with van der Waals surface area (Å²) >= 11 is 1.49. The number of rotatable bonds is 9. The van der Waals surface area contributed by atoms with Crippen molar-refractivity contribution in [3.05, 3.63) is 66.7 Å². The van der Waals surface area contributed by atoms with Crippen LogP contribution in [0.2, 0.25) is 0 Å². The Morgan fingerprint density at radius 3 is 2.32 bits per heavy atom. The molecule has 0 aliphatic carbocycles. The van der Waals surface area contributed by atoms with Crippen molar-refractivity contribution in [2.75, 3.05) is 32.0 Å². The van der Waals surface area contributed by atoms with Gasteiger partial charge in [-0.05, 0) is 86.1 Å². The van der Waals surface area contributed by atoms with Crippen molar-refractivity contribution in [3.8, 4) is 33.4 Å². The van der Waals surface area contributed by atoms with Crippen molar-refractivity contribution in [1.82, 2.24) is 4.90 Å². The second-order valence-corrected chi connectivity index (χ2v) is 12.5. The van der Waals surface area contributed by atoms with Gasteiger partial charge >= 0.3 is 0 Å². The van der Waals surface area contributed by atoms with E-state index >= 15 is 0 Å². The predicted octanol–water partition coefficient (Wildman–Crippen LogP) is 6.72. The molecule has 8 heteroatoms. The number of likely N-dealkylation sites (tertiary alicyclic amines) is 1. The molecule has 1 saturated heterocycles. The number of thiophene rings is 1. The number of hydrogen-bond donors (Lipinski definition) is 1. The Morgan fingerprint density at radius 2 is 1.62 bits per heavy atom. The number of phenolic OH excluding ortho intramolecular Hbond substituents is 1. The normalized spacial score (nSPS) is 14.6. The van der Waals surface area contributed by atoms with Crippen molar-refractivity contribution in [3.63, 3.8) is 0 Å². The molecule has 0 unspecified atom stereocenters. The maximum absolute atomic E-state index is 12.2. The summed E-state index contributed by atoms with van der Waals surface area (Å²) in [6, 6.07) is 19.7. The Balaban J connectivity index is 1.36. The third-order valence-electron chi connectivity index (χ3n) is 6.65. The van der Waals surface area contributed by atoms with Crippen LogP contribution in [-0.4, -0.2) is 50.4 Å². The van der Waals surface area contributed by atoms with Crippen molar-refractivity contribution in [2.45, 2.75) is 31.1 Å². The van der Waals surface area contributed by atoms with E-state index < -0.39 is 9.84 Å². The van der Waals surface area contributed by atoms with Crippen LogP contribution in [0.25, 0.3) is 20.5 Å². The van der Waals surface area contributed by atoms with E-state index in [9.17, 15) is 13.5 Å². The van der Waals surface area contributed by atoms with Crippen LogP contribution in [-0.2, 0) is 9.84 Å². The lowest BCUT2D eigenvalue weighted by atomic mass is 10.1. The molecule has 1 aliphatic rings. The average Bonchev–Trinajstić information content (AvgIpc) is 3.27. The van der Waals surface area contributed by atoms with Gasteiger partial charge in [0.1, 0.15) is 23.9 Å². The SMILES string of the molecule is CCS(=O)(=O)c1ccc(-c2sc3cc(O)ccc3c2Oc2ccc(OCCN3CCCCC3)cc2)cc1. The molecule has 6 nitrogen and oxygen atoms in total. The molecule has 37 heavy (non-hydrogen) atoms. The monoisotopic (exact) mass is 537 g/mol. The number of fused-ring (bicyclic) bond motifs is 1. The fraction of sp³-hybridized carbons (Fsp3) is 0.310. The lowest BCUT2D eigenvalue weighted by Gasteiger charge is -2.26. The highest BCUT2D eigenvalue weighted by Crippen LogP contribution is 2.47. The van der Waals surface area contributed by atoms with E-state index in [0.717, 1.165) is 45.9 Å². The first-order chi connectivity index (χ1) is 17.9. The Hall–Kier alpha value is -3.07. The summed E-state index contributed by atoms with van der Waals surface area (Å²) in [5.74, 6) is 2.38. The highest BCUT2D eigenvalue weighted by atomic mass is 32.2. The van der Waals surface area contributed by atoms with Crippen LogP contribution in [0.15, 0.2) is 71.6 Å². The number of aromatic hydroxyl groups is 1. The average molecular weight is 538 g/mol. The predicted molar refractivity (Wildman–Crippen MR) is 149 cm³/mol. The summed E-state index contributed by atoms with van der Waals surface area (Å²) in [5, 5.41) is 10.9. The Morgan fingerprint density at radius 1 is 0.919 bits per heavy atom. The van der Waals surface area contributed by atoms with E-state index in [2.05, 4.69) is 4.90 Å². The van der Waals surface area contributed by atoms with Gasteiger partial charge in [0.2, 0.25) is 0 Å². The van der Waals surface area contributed by atoms with E-state index in [0.29, 0.717) is 23.0 Å². The van der Waals surface area contributed by atoms with Gasteiger partial charge in [-0.15, -0.1) is 11.3 Å². The highest BCUT2D eigenvalue weighted by Gasteiger charge is 2.18. The summed E-state index contributed by atoms with van der Waals surface area (Å²) < 4.78 is 37.7. The molecule has 2 heterocycles. The van der Waals surface area contributed by atoms with Gasteiger partial charge in [-0.1, -0.05) is 25.5 Å². The molecule has 1 fully saturated rings. The minimum Gasteiger partial charge on any atom is -0.508 e. The molecule has 4 aromatic rings. The molecule has 5 rings (SSSR count). The number of phenols is 1. The molecule has 0 bridgehead atoms. The molecule has 0 amide bonds. The largest absolute Gasteiger partial charge is 0.508 e. The van der Waals surface area contributed by atoms with Crippen LogP contribution in [0.4, 0.5) is 0 Å². The van der Waals surface area contributed by atoms with E-state index in [4.69, 9.17) is 9.47 Å². The summed E-state index contributed by atoms with van der Waals surface area (Å²) in [4.78, 5) is 3.62. The number of sulfone groups is 1. The fourth-order valence-electron chi connectivity index (χ4n) is 4.53. The standard InChI is InChI=1S/C29H31NO5S2/c1-2-37(32,33)25-13-6-21(7-14-25)29-28(26-15-8-22(31)20-27(26)36-29)35-24-11-9-23(10-12-24)34-19-18-30-16-4-3-5-17-30/h6-15,20,31H,2-5,16-19H2,1H3. The maximum atomic E-state index is 12.2. The molecule has 194 valence electrons. The zero-order valence-electron chi connectivity index (χ0n) is 20.9. The zero-order valence-corrected chi connectivity index (χ0v) is 22.5. The third-order valence-corrected chi connectivity index (χ3v) is 9.59. The number of piperidine rings is 1. The quantitative estimate of drug-likeness (QED) is 0.255. The van der Waals surface area contributed by atoms with Crippen LogP contribution >= 0.6 is 11.3 Å². The molecule has 0 radical (unpaired) electrons. The van der Waals surface area contributed by atoms with Gasteiger partial charge in [-0.25, -0.2) is 8.42 Å². The Kier molecular flexibility index (Phi) is 7.69. The summed E-state index contributed by atoms with van der Waals surface area (Å²) in [5.41, 5.74) is 0.850. The number of nitrogens with zero attached hydrogens (tertiary/aromatic N) is 1. The third kappa shape index (κ3) is 5.92. The molecule has 0 atom stereocenters. The molecular weight excluding hydrogens is 506 g/mol. The fourth-order valence-corrected chi connectivity index (χ4v) is 6.58. The van der Waals surface area contributed by atoms with Crippen molar-refractivity contribution < 1.29 is 23.0 Å². The first-order valence-corrected chi connectivity index (χ1v) is 15.1. The van der Waals surface area contributed by atoms with Crippen LogP contribution < -0.4 is 9.47 Å². The van der Waals surface area contributed by atoms with E-state index in [1.54, 1.807) is 43.3 Å². The molecular formula is C29H31NO5S2. The molecule has 3 aromatic carbocycles. The maximum Gasteiger partial charge on any atom is 0.178 e. The topological polar surface area (TPSA) is 76.1 Å². The number of benzene rings is 3. The lowest BCUT2D eigenvalue weighted by Crippen LogP contribution is -2.33. The van der Waals surface area contributed by atoms with Gasteiger partial charge in [-0.3, -0.25) is 4.90 Å². The summed E-state index contributed by atoms with van der Waals surface area (Å²) in [7, 11) is -3.28. The molecule has 1 N–H and O–H groups in total. The number of ether oxygens (including phenoxy) is 2. The van der Waals surface area contributed by atoms with E-state index in [-0.39, 0.29) is 11.5 Å². The molecule has 0 spiro atoms. The first-order valence-electron chi connectivity index (χ1n) is 12.6. The second kappa shape index (κ2) is 11.1. The van der Waals surface area contributed by atoms with Gasteiger partial charge in [-0.2, -0.15) is 0 Å². The molecule has 1 aromatic heterocycles. The first kappa shape index (κ1) is 25.6. The van der Waals surface area contributed by atoms with E-state index in [1.807, 2.05) is 30.3 Å². The second-order valence-electron chi connectivity index (χ2n) is 9.19. The Labute approximate surface area is 222 Å². The van der Waals surface area contributed by atoms with Gasteiger partial charge in [0.15, 0.2) is 15.6 Å². The van der Waals surface area contributed by atoms with Crippen LogP contribution in [0.1, 0.15) is 26.2 Å². The zero-order chi connectivity index (χ0) is 25.8. The highest BCUT2D eigenvalue weighted by molar-refractivity contribution is 7.91. The summed E-state index contributed by atoms with van der Waals surface area (Å²) in [6.45, 7) is 5.54. The molecule has 1 aliphatic heterocycles. The minimum absolute atomic E-state index is 0.0564. The van der Waals surface area contributed by atoms with Gasteiger partial charge < -0.3 is 14.6 Å². The van der Waals surface area contributed by atoms with Gasteiger partial charge in [0.25, 0.3) is 0 Å². The summed E-state index contributed by atoms with van der Waals surface area (Å²) in [6.07, 6.45) is 3.87. The van der Waals surface area contributed by atoms with Crippen molar-refractivity contribution >= 4 is 31.3 Å². The van der Waals surface area contributed by atoms with Crippen LogP contribution in [0, 0.1) is 0 Å². The minimum atomic E-state index is -3.28. The van der Waals surface area contributed by atoms with Crippen molar-refractivity contribution in [2.24, 2.45) is 0 Å². The van der Waals surface area contributed by atoms with Crippen molar-refractivity contribution in [1.29, 1.82) is 0 Å². The van der Waals surface area contributed by atoms with Crippen LogP contribution in [0.3, 0.4) is 0 Å². The smallest absolute Gasteiger partial charge is 0.178 e. The van der Waals surface area contributed by atoms with Crippen LogP contribution in [0.5, 0.6) is 23.0 Å².